The van der Waals surface area contributed by atoms with Gasteiger partial charge < -0.3 is 14.4 Å². The molecule has 0 aromatic heterocycles. The minimum atomic E-state index is -2.57. The van der Waals surface area contributed by atoms with Crippen molar-refractivity contribution in [2.45, 2.75) is 12.3 Å². The Hall–Kier alpha value is -1.52. The molecule has 0 bridgehead atoms. The molecule has 0 amide bonds. The molecule has 3 rings (SSSR count). The summed E-state index contributed by atoms with van der Waals surface area (Å²) in [4.78, 5) is 1.67. The average Bonchev–Trinajstić information content (AvgIpc) is 2.82. The van der Waals surface area contributed by atoms with Gasteiger partial charge in [-0.2, -0.15) is 0 Å². The van der Waals surface area contributed by atoms with E-state index in [0.29, 0.717) is 18.0 Å². The molecule has 3 nitrogen and oxygen atoms in total. The van der Waals surface area contributed by atoms with Crippen molar-refractivity contribution < 1.29 is 18.3 Å². The van der Waals surface area contributed by atoms with Gasteiger partial charge in [0, 0.05) is 24.7 Å². The van der Waals surface area contributed by atoms with Crippen molar-refractivity contribution in [3.63, 3.8) is 0 Å². The van der Waals surface area contributed by atoms with Gasteiger partial charge in [-0.05, 0) is 12.1 Å². The quantitative estimate of drug-likeness (QED) is 0.734. The zero-order valence-corrected chi connectivity index (χ0v) is 8.58. The number of nitrogens with zero attached hydrogens (tertiary/aromatic N) is 1. The van der Waals surface area contributed by atoms with Crippen LogP contribution in [0.15, 0.2) is 18.2 Å². The lowest BCUT2D eigenvalue weighted by atomic mass is 10.2. The maximum absolute atomic E-state index is 13.1. The molecule has 16 heavy (non-hydrogen) atoms. The van der Waals surface area contributed by atoms with Crippen LogP contribution in [0.4, 0.5) is 14.5 Å². The van der Waals surface area contributed by atoms with E-state index >= 15 is 0 Å². The highest BCUT2D eigenvalue weighted by Crippen LogP contribution is 2.38. The summed E-state index contributed by atoms with van der Waals surface area (Å²) in [5.41, 5.74) is 0.765. The van der Waals surface area contributed by atoms with Crippen LogP contribution in [0.2, 0.25) is 0 Å². The summed E-state index contributed by atoms with van der Waals surface area (Å²) in [5.74, 6) is -1.27. The maximum Gasteiger partial charge on any atom is 0.266 e. The Morgan fingerprint density at radius 1 is 1.19 bits per heavy atom. The Labute approximate surface area is 91.6 Å². The molecule has 0 aliphatic carbocycles. The van der Waals surface area contributed by atoms with E-state index in [-0.39, 0.29) is 19.8 Å². The monoisotopic (exact) mass is 227 g/mol. The number of hydrogen-bond acceptors (Lipinski definition) is 3. The summed E-state index contributed by atoms with van der Waals surface area (Å²) in [5, 5.41) is 0. The second-order valence-corrected chi connectivity index (χ2v) is 4.07. The molecule has 0 radical (unpaired) electrons. The maximum atomic E-state index is 13.1. The van der Waals surface area contributed by atoms with Crippen LogP contribution in [-0.4, -0.2) is 25.8 Å². The molecule has 0 saturated carbocycles. The molecule has 0 atom stereocenters. The van der Waals surface area contributed by atoms with Gasteiger partial charge >= 0.3 is 0 Å². The van der Waals surface area contributed by atoms with E-state index in [1.807, 2.05) is 0 Å². The Bertz CT molecular complexity index is 422. The SMILES string of the molecule is FC1(F)CCN(c2ccc3c(c2)OCO3)C1. The van der Waals surface area contributed by atoms with E-state index in [4.69, 9.17) is 9.47 Å². The third kappa shape index (κ3) is 1.56. The van der Waals surface area contributed by atoms with Crippen molar-refractivity contribution in [3.8, 4) is 11.5 Å². The van der Waals surface area contributed by atoms with Crippen LogP contribution in [0.5, 0.6) is 11.5 Å². The van der Waals surface area contributed by atoms with E-state index in [0.717, 1.165) is 5.69 Å². The Kier molecular flexibility index (Phi) is 1.96. The van der Waals surface area contributed by atoms with E-state index < -0.39 is 5.92 Å². The number of rotatable bonds is 1. The molecule has 5 heteroatoms. The zero-order valence-electron chi connectivity index (χ0n) is 8.58. The lowest BCUT2D eigenvalue weighted by Gasteiger charge is -2.18. The topological polar surface area (TPSA) is 21.7 Å². The second kappa shape index (κ2) is 3.23. The van der Waals surface area contributed by atoms with Crippen molar-refractivity contribution in [1.29, 1.82) is 0 Å². The number of alkyl halides is 2. The van der Waals surface area contributed by atoms with Crippen LogP contribution in [0.25, 0.3) is 0 Å². The summed E-state index contributed by atoms with van der Waals surface area (Å²) < 4.78 is 36.5. The minimum absolute atomic E-state index is 0.0819. The molecule has 1 aromatic rings. The smallest absolute Gasteiger partial charge is 0.266 e. The molecule has 0 N–H and O–H groups in total. The molecule has 2 aliphatic rings. The molecule has 2 aliphatic heterocycles. The van der Waals surface area contributed by atoms with Crippen LogP contribution in [-0.2, 0) is 0 Å². The predicted octanol–water partition coefficient (Wildman–Crippen LogP) is 2.26. The van der Waals surface area contributed by atoms with Gasteiger partial charge in [0.2, 0.25) is 6.79 Å². The largest absolute Gasteiger partial charge is 0.454 e. The fourth-order valence-electron chi connectivity index (χ4n) is 2.04. The normalized spacial score (nSPS) is 21.5. The highest BCUT2D eigenvalue weighted by Gasteiger charge is 2.38. The third-order valence-electron chi connectivity index (χ3n) is 2.89. The van der Waals surface area contributed by atoms with E-state index in [1.54, 1.807) is 23.1 Å². The van der Waals surface area contributed by atoms with E-state index in [1.165, 1.54) is 0 Å². The molecule has 1 aromatic carbocycles. The number of ether oxygens (including phenoxy) is 2. The molecule has 1 fully saturated rings. The molecular weight excluding hydrogens is 216 g/mol. The van der Waals surface area contributed by atoms with Gasteiger partial charge in [0.1, 0.15) is 0 Å². The number of fused-ring (bicyclic) bond motifs is 1. The third-order valence-corrected chi connectivity index (χ3v) is 2.89. The summed E-state index contributed by atoms with van der Waals surface area (Å²) in [6.07, 6.45) is -0.0819. The molecule has 86 valence electrons. The van der Waals surface area contributed by atoms with E-state index in [9.17, 15) is 8.78 Å². The van der Waals surface area contributed by atoms with Crippen molar-refractivity contribution >= 4 is 5.69 Å². The fraction of sp³-hybridized carbons (Fsp3) is 0.455. The van der Waals surface area contributed by atoms with Gasteiger partial charge in [0.15, 0.2) is 11.5 Å². The Balaban J connectivity index is 1.85. The highest BCUT2D eigenvalue weighted by atomic mass is 19.3. The number of anilines is 1. The molecule has 0 unspecified atom stereocenters. The predicted molar refractivity (Wildman–Crippen MR) is 54.3 cm³/mol. The first-order valence-electron chi connectivity index (χ1n) is 5.16. The summed E-state index contributed by atoms with van der Waals surface area (Å²) in [7, 11) is 0. The second-order valence-electron chi connectivity index (χ2n) is 4.07. The number of benzene rings is 1. The van der Waals surface area contributed by atoms with Crippen LogP contribution < -0.4 is 14.4 Å². The Morgan fingerprint density at radius 2 is 2.00 bits per heavy atom. The Morgan fingerprint density at radius 3 is 2.75 bits per heavy atom. The van der Waals surface area contributed by atoms with Crippen molar-refractivity contribution in [2.75, 3.05) is 24.8 Å². The van der Waals surface area contributed by atoms with Gasteiger partial charge in [-0.3, -0.25) is 0 Å². The van der Waals surface area contributed by atoms with Gasteiger partial charge in [-0.1, -0.05) is 0 Å². The van der Waals surface area contributed by atoms with Crippen molar-refractivity contribution in [2.24, 2.45) is 0 Å². The van der Waals surface area contributed by atoms with Gasteiger partial charge in [0.05, 0.1) is 6.54 Å². The van der Waals surface area contributed by atoms with Crippen LogP contribution >= 0.6 is 0 Å². The highest BCUT2D eigenvalue weighted by molar-refractivity contribution is 5.57. The minimum Gasteiger partial charge on any atom is -0.454 e. The van der Waals surface area contributed by atoms with Gasteiger partial charge in [0.25, 0.3) is 5.92 Å². The summed E-state index contributed by atoms with van der Waals surface area (Å²) >= 11 is 0. The van der Waals surface area contributed by atoms with Crippen molar-refractivity contribution in [1.82, 2.24) is 0 Å². The molecular formula is C11H11F2NO2. The van der Waals surface area contributed by atoms with Crippen molar-refractivity contribution in [3.05, 3.63) is 18.2 Å². The molecule has 1 saturated heterocycles. The zero-order chi connectivity index (χ0) is 11.2. The van der Waals surface area contributed by atoms with Gasteiger partial charge in [-0.25, -0.2) is 8.78 Å². The first kappa shape index (κ1) is 9.69. The van der Waals surface area contributed by atoms with Crippen LogP contribution in [0.3, 0.4) is 0 Å². The van der Waals surface area contributed by atoms with Crippen LogP contribution in [0, 0.1) is 0 Å². The number of halogens is 2. The van der Waals surface area contributed by atoms with Crippen LogP contribution in [0.1, 0.15) is 6.42 Å². The number of hydrogen-bond donors (Lipinski definition) is 0. The standard InChI is InChI=1S/C11H11F2NO2/c12-11(13)3-4-14(6-11)8-1-2-9-10(5-8)16-7-15-9/h1-2,5H,3-4,6-7H2. The first-order valence-corrected chi connectivity index (χ1v) is 5.16. The average molecular weight is 227 g/mol. The lowest BCUT2D eigenvalue weighted by molar-refractivity contribution is 0.0257. The fourth-order valence-corrected chi connectivity index (χ4v) is 2.04. The summed E-state index contributed by atoms with van der Waals surface area (Å²) in [6.45, 7) is 0.369. The lowest BCUT2D eigenvalue weighted by Crippen LogP contribution is -2.24. The molecule has 2 heterocycles. The van der Waals surface area contributed by atoms with Gasteiger partial charge in [-0.15, -0.1) is 0 Å². The molecule has 0 spiro atoms. The summed E-state index contributed by atoms with van der Waals surface area (Å²) in [6, 6.07) is 5.30. The first-order chi connectivity index (χ1) is 7.64. The van der Waals surface area contributed by atoms with E-state index in [2.05, 4.69) is 0 Å².